The number of thiol groups is 1. The molecule has 0 atom stereocenters. The van der Waals surface area contributed by atoms with Crippen LogP contribution in [-0.2, 0) is 4.74 Å². The molecule has 0 aromatic carbocycles. The molecule has 0 fully saturated rings. The first kappa shape index (κ1) is 8.73. The highest BCUT2D eigenvalue weighted by molar-refractivity contribution is 7.96. The van der Waals surface area contributed by atoms with Gasteiger partial charge in [-0.2, -0.15) is 0 Å². The van der Waals surface area contributed by atoms with Gasteiger partial charge in [0.1, 0.15) is 0 Å². The van der Waals surface area contributed by atoms with Crippen LogP contribution in [0.2, 0.25) is 0 Å². The lowest BCUT2D eigenvalue weighted by atomic mass is 10.3. The first-order valence-electron chi connectivity index (χ1n) is 3.10. The topological polar surface area (TPSA) is 63.0 Å². The molecule has 0 unspecified atom stereocenters. The lowest BCUT2D eigenvalue weighted by Gasteiger charge is -2.00. The summed E-state index contributed by atoms with van der Waals surface area (Å²) in [4.78, 5) is 14.1. The summed E-state index contributed by atoms with van der Waals surface area (Å²) in [7, 11) is 0. The quantitative estimate of drug-likeness (QED) is 0.299. The van der Waals surface area contributed by atoms with Crippen molar-refractivity contribution in [3.05, 3.63) is 30.1 Å². The van der Waals surface area contributed by atoms with E-state index in [1.54, 1.807) is 18.3 Å². The Bertz CT molecular complexity index is 300. The molecule has 0 spiro atoms. The Morgan fingerprint density at radius 3 is 2.92 bits per heavy atom. The van der Waals surface area contributed by atoms with Crippen LogP contribution >= 0.6 is 12.6 Å². The number of nitrogens with zero attached hydrogens (tertiary/aromatic N) is 1. The van der Waals surface area contributed by atoms with Gasteiger partial charge in [0.25, 0.3) is 0 Å². The molecule has 1 N–H and O–H groups in total. The summed E-state index contributed by atoms with van der Waals surface area (Å²) in [6, 6.07) is 3.27. The van der Waals surface area contributed by atoms with E-state index in [9.17, 15) is 4.79 Å². The molecular formula is C7H6N2O2S. The molecule has 0 saturated carbocycles. The maximum atomic E-state index is 10.3. The Hall–Kier alpha value is -1.36. The van der Waals surface area contributed by atoms with E-state index in [4.69, 9.17) is 5.41 Å². The molecule has 1 aromatic rings. The fraction of sp³-hybridized carbons (Fsp3) is 0. The second-order valence-corrected chi connectivity index (χ2v) is 2.30. The minimum absolute atomic E-state index is 0.247. The molecule has 1 rings (SSSR count). The SMILES string of the molecule is N=C(OC(=O)S)c1cccnc1. The number of ether oxygens (including phenoxy) is 1. The molecule has 4 nitrogen and oxygen atoms in total. The molecule has 5 heteroatoms. The van der Waals surface area contributed by atoms with Crippen LogP contribution in [0.3, 0.4) is 0 Å². The number of nitrogens with one attached hydrogen (secondary N) is 1. The van der Waals surface area contributed by atoms with Crippen LogP contribution in [-0.4, -0.2) is 16.2 Å². The van der Waals surface area contributed by atoms with Crippen LogP contribution in [0.1, 0.15) is 5.56 Å². The molecule has 0 aliphatic carbocycles. The van der Waals surface area contributed by atoms with Crippen LogP contribution in [0.4, 0.5) is 4.79 Å². The highest BCUT2D eigenvalue weighted by Gasteiger charge is 2.04. The average Bonchev–Trinajstić information content (AvgIpc) is 2.05. The Morgan fingerprint density at radius 2 is 2.42 bits per heavy atom. The number of hydrogen-bond donors (Lipinski definition) is 2. The van der Waals surface area contributed by atoms with E-state index in [0.717, 1.165) is 0 Å². The largest absolute Gasteiger partial charge is 0.399 e. The monoisotopic (exact) mass is 182 g/mol. The summed E-state index contributed by atoms with van der Waals surface area (Å²) in [5.41, 5.74) is 0.444. The second kappa shape index (κ2) is 3.87. The summed E-state index contributed by atoms with van der Waals surface area (Å²) in [6.45, 7) is 0. The summed E-state index contributed by atoms with van der Waals surface area (Å²) in [5, 5.41) is 6.43. The predicted molar refractivity (Wildman–Crippen MR) is 46.5 cm³/mol. The van der Waals surface area contributed by atoms with E-state index in [2.05, 4.69) is 22.3 Å². The molecule has 0 aliphatic heterocycles. The highest BCUT2D eigenvalue weighted by atomic mass is 32.1. The Morgan fingerprint density at radius 1 is 1.67 bits per heavy atom. The summed E-state index contributed by atoms with van der Waals surface area (Å²) < 4.78 is 4.40. The molecule has 0 aliphatic rings. The number of carbonyl (C=O) groups excluding carboxylic acids is 1. The molecule has 62 valence electrons. The standard InChI is InChI=1S/C7H6N2O2S/c8-6(11-7(10)12)5-2-1-3-9-4-5/h1-4,8H,(H,10,12). The van der Waals surface area contributed by atoms with Crippen molar-refractivity contribution in [2.75, 3.05) is 0 Å². The lowest BCUT2D eigenvalue weighted by molar-refractivity contribution is 0.225. The number of rotatable bonds is 1. The molecule has 0 bridgehead atoms. The van der Waals surface area contributed by atoms with E-state index >= 15 is 0 Å². The fourth-order valence-electron chi connectivity index (χ4n) is 0.643. The van der Waals surface area contributed by atoms with Gasteiger partial charge in [-0.15, -0.1) is 0 Å². The van der Waals surface area contributed by atoms with Gasteiger partial charge in [-0.1, -0.05) is 12.6 Å². The van der Waals surface area contributed by atoms with Crippen molar-refractivity contribution in [2.45, 2.75) is 0 Å². The Kier molecular flexibility index (Phi) is 2.82. The summed E-state index contributed by atoms with van der Waals surface area (Å²) >= 11 is 3.37. The number of pyridine rings is 1. The molecule has 12 heavy (non-hydrogen) atoms. The van der Waals surface area contributed by atoms with E-state index < -0.39 is 5.30 Å². The molecular weight excluding hydrogens is 176 g/mol. The van der Waals surface area contributed by atoms with Gasteiger partial charge in [0.05, 0.1) is 5.56 Å². The Balaban J connectivity index is 2.73. The maximum absolute atomic E-state index is 10.3. The predicted octanol–water partition coefficient (Wildman–Crippen LogP) is 1.47. The van der Waals surface area contributed by atoms with E-state index in [-0.39, 0.29) is 5.90 Å². The van der Waals surface area contributed by atoms with Gasteiger partial charge in [0.2, 0.25) is 5.90 Å². The van der Waals surface area contributed by atoms with E-state index in [1.165, 1.54) is 6.20 Å². The molecule has 0 radical (unpaired) electrons. The van der Waals surface area contributed by atoms with Gasteiger partial charge in [0, 0.05) is 12.4 Å². The normalized spacial score (nSPS) is 9.08. The number of carbonyl (C=O) groups is 1. The van der Waals surface area contributed by atoms with Crippen molar-refractivity contribution in [1.82, 2.24) is 4.98 Å². The second-order valence-electron chi connectivity index (χ2n) is 1.94. The third-order valence-corrected chi connectivity index (χ3v) is 1.20. The van der Waals surface area contributed by atoms with E-state index in [0.29, 0.717) is 5.56 Å². The zero-order valence-electron chi connectivity index (χ0n) is 6.02. The van der Waals surface area contributed by atoms with Gasteiger partial charge in [-0.25, -0.2) is 4.79 Å². The molecule has 0 amide bonds. The van der Waals surface area contributed by atoms with Gasteiger partial charge in [0.15, 0.2) is 0 Å². The third-order valence-electron chi connectivity index (χ3n) is 1.11. The van der Waals surface area contributed by atoms with Gasteiger partial charge in [-0.05, 0) is 12.1 Å². The van der Waals surface area contributed by atoms with Gasteiger partial charge in [-0.3, -0.25) is 10.4 Å². The van der Waals surface area contributed by atoms with Crippen molar-refractivity contribution in [3.8, 4) is 0 Å². The van der Waals surface area contributed by atoms with Crippen LogP contribution in [0.5, 0.6) is 0 Å². The van der Waals surface area contributed by atoms with Gasteiger partial charge >= 0.3 is 5.30 Å². The number of aromatic nitrogens is 1. The minimum atomic E-state index is -0.802. The summed E-state index contributed by atoms with van der Waals surface area (Å²) in [5.74, 6) is -0.247. The van der Waals surface area contributed by atoms with Crippen LogP contribution < -0.4 is 0 Å². The van der Waals surface area contributed by atoms with Crippen LogP contribution in [0.15, 0.2) is 24.5 Å². The fourth-order valence-corrected chi connectivity index (χ4v) is 0.735. The van der Waals surface area contributed by atoms with Crippen molar-refractivity contribution < 1.29 is 9.53 Å². The van der Waals surface area contributed by atoms with Crippen molar-refractivity contribution >= 4 is 23.8 Å². The molecule has 1 heterocycles. The van der Waals surface area contributed by atoms with Crippen LogP contribution in [0.25, 0.3) is 0 Å². The average molecular weight is 182 g/mol. The Labute approximate surface area is 74.5 Å². The zero-order valence-corrected chi connectivity index (χ0v) is 6.91. The molecule has 0 saturated heterocycles. The molecule has 1 aromatic heterocycles. The first-order chi connectivity index (χ1) is 5.70. The van der Waals surface area contributed by atoms with Crippen molar-refractivity contribution in [1.29, 1.82) is 5.41 Å². The summed E-state index contributed by atoms with van der Waals surface area (Å²) in [6.07, 6.45) is 3.00. The third kappa shape index (κ3) is 2.35. The van der Waals surface area contributed by atoms with Crippen molar-refractivity contribution in [3.63, 3.8) is 0 Å². The lowest BCUT2D eigenvalue weighted by Crippen LogP contribution is -2.06. The number of hydrogen-bond acceptors (Lipinski definition) is 4. The highest BCUT2D eigenvalue weighted by Crippen LogP contribution is 2.00. The van der Waals surface area contributed by atoms with Crippen molar-refractivity contribution in [2.24, 2.45) is 0 Å². The minimum Gasteiger partial charge on any atom is -0.399 e. The van der Waals surface area contributed by atoms with Gasteiger partial charge < -0.3 is 4.74 Å². The first-order valence-corrected chi connectivity index (χ1v) is 3.54. The smallest absolute Gasteiger partial charge is 0.370 e. The van der Waals surface area contributed by atoms with E-state index in [1.807, 2.05) is 0 Å². The zero-order chi connectivity index (χ0) is 8.97. The van der Waals surface area contributed by atoms with Crippen LogP contribution in [0, 0.1) is 5.41 Å². The maximum Gasteiger partial charge on any atom is 0.370 e.